The molecule has 5 heteroatoms. The average molecular weight is 262 g/mol. The van der Waals surface area contributed by atoms with E-state index in [1.54, 1.807) is 11.3 Å². The van der Waals surface area contributed by atoms with Gasteiger partial charge in [0, 0.05) is 36.8 Å². The Morgan fingerprint density at radius 3 is 2.94 bits per heavy atom. The van der Waals surface area contributed by atoms with Crippen molar-refractivity contribution in [2.24, 2.45) is 0 Å². The second-order valence-corrected chi connectivity index (χ2v) is 4.91. The van der Waals surface area contributed by atoms with E-state index in [4.69, 9.17) is 0 Å². The van der Waals surface area contributed by atoms with Gasteiger partial charge in [0.05, 0.1) is 11.2 Å². The van der Waals surface area contributed by atoms with Crippen LogP contribution in [0, 0.1) is 0 Å². The van der Waals surface area contributed by atoms with Gasteiger partial charge in [-0.3, -0.25) is 4.90 Å². The van der Waals surface area contributed by atoms with Crippen LogP contribution in [-0.4, -0.2) is 28.5 Å². The summed E-state index contributed by atoms with van der Waals surface area (Å²) < 4.78 is 0. The van der Waals surface area contributed by atoms with Gasteiger partial charge < -0.3 is 5.32 Å². The molecule has 0 saturated heterocycles. The molecule has 2 aromatic rings. The van der Waals surface area contributed by atoms with Crippen LogP contribution < -0.4 is 5.32 Å². The van der Waals surface area contributed by atoms with E-state index in [1.807, 2.05) is 17.8 Å². The molecule has 1 N–H and O–H groups in total. The monoisotopic (exact) mass is 262 g/mol. The van der Waals surface area contributed by atoms with Gasteiger partial charge >= 0.3 is 0 Å². The fourth-order valence-electron chi connectivity index (χ4n) is 1.83. The van der Waals surface area contributed by atoms with Crippen LogP contribution in [0.2, 0.25) is 0 Å². The van der Waals surface area contributed by atoms with Gasteiger partial charge in [-0.25, -0.2) is 9.97 Å². The smallest absolute Gasteiger partial charge is 0.130 e. The summed E-state index contributed by atoms with van der Waals surface area (Å²) in [6, 6.07) is 4.09. The molecule has 0 aliphatic heterocycles. The van der Waals surface area contributed by atoms with Crippen LogP contribution in [0.3, 0.4) is 0 Å². The van der Waals surface area contributed by atoms with Gasteiger partial charge in [-0.05, 0) is 20.0 Å². The predicted octanol–water partition coefficient (Wildman–Crippen LogP) is 2.60. The number of rotatable bonds is 6. The highest BCUT2D eigenvalue weighted by atomic mass is 32.1. The molecule has 0 spiro atoms. The van der Waals surface area contributed by atoms with E-state index in [2.05, 4.69) is 45.6 Å². The number of thiazole rings is 1. The first kappa shape index (κ1) is 13.0. The SMILES string of the molecule is CCNc1ncccc1CN(C)Cc1cscn1. The van der Waals surface area contributed by atoms with Crippen LogP contribution in [0.4, 0.5) is 5.82 Å². The first-order valence-electron chi connectivity index (χ1n) is 6.03. The van der Waals surface area contributed by atoms with Gasteiger partial charge in [0.25, 0.3) is 0 Å². The second-order valence-electron chi connectivity index (χ2n) is 4.19. The van der Waals surface area contributed by atoms with E-state index in [1.165, 1.54) is 5.56 Å². The summed E-state index contributed by atoms with van der Waals surface area (Å²) >= 11 is 1.64. The number of nitrogens with zero attached hydrogens (tertiary/aromatic N) is 3. The van der Waals surface area contributed by atoms with Crippen LogP contribution in [0.15, 0.2) is 29.2 Å². The number of hydrogen-bond acceptors (Lipinski definition) is 5. The molecular formula is C13H18N4S. The van der Waals surface area contributed by atoms with Gasteiger partial charge in [0.2, 0.25) is 0 Å². The third-order valence-electron chi connectivity index (χ3n) is 2.59. The van der Waals surface area contributed by atoms with E-state index in [9.17, 15) is 0 Å². The molecule has 0 bridgehead atoms. The van der Waals surface area contributed by atoms with Crippen LogP contribution in [0.1, 0.15) is 18.2 Å². The topological polar surface area (TPSA) is 41.1 Å². The molecule has 2 heterocycles. The molecule has 0 radical (unpaired) electrons. The molecule has 0 atom stereocenters. The largest absolute Gasteiger partial charge is 0.370 e. The fraction of sp³-hybridized carbons (Fsp3) is 0.385. The Balaban J connectivity index is 2.00. The lowest BCUT2D eigenvalue weighted by molar-refractivity contribution is 0.316. The lowest BCUT2D eigenvalue weighted by Gasteiger charge is -2.17. The summed E-state index contributed by atoms with van der Waals surface area (Å²) in [6.07, 6.45) is 1.82. The molecule has 0 unspecified atom stereocenters. The third kappa shape index (κ3) is 3.51. The van der Waals surface area contributed by atoms with E-state index in [0.717, 1.165) is 31.1 Å². The van der Waals surface area contributed by atoms with E-state index in [-0.39, 0.29) is 0 Å². The number of pyridine rings is 1. The maximum absolute atomic E-state index is 4.37. The van der Waals surface area contributed by atoms with Crippen molar-refractivity contribution in [1.82, 2.24) is 14.9 Å². The summed E-state index contributed by atoms with van der Waals surface area (Å²) in [7, 11) is 2.10. The van der Waals surface area contributed by atoms with E-state index in [0.29, 0.717) is 0 Å². The Kier molecular flexibility index (Phi) is 4.66. The quantitative estimate of drug-likeness (QED) is 0.869. The van der Waals surface area contributed by atoms with Crippen LogP contribution in [0.25, 0.3) is 0 Å². The lowest BCUT2D eigenvalue weighted by atomic mass is 10.2. The molecule has 96 valence electrons. The first-order valence-corrected chi connectivity index (χ1v) is 6.97. The van der Waals surface area contributed by atoms with Crippen molar-refractivity contribution in [3.63, 3.8) is 0 Å². The van der Waals surface area contributed by atoms with Crippen molar-refractivity contribution >= 4 is 17.2 Å². The van der Waals surface area contributed by atoms with Crippen molar-refractivity contribution in [3.05, 3.63) is 40.5 Å². The fourth-order valence-corrected chi connectivity index (χ4v) is 2.38. The summed E-state index contributed by atoms with van der Waals surface area (Å²) in [5, 5.41) is 5.38. The highest BCUT2D eigenvalue weighted by Gasteiger charge is 2.07. The Morgan fingerprint density at radius 2 is 2.22 bits per heavy atom. The second kappa shape index (κ2) is 6.47. The molecule has 2 aromatic heterocycles. The summed E-state index contributed by atoms with van der Waals surface area (Å²) in [5.74, 6) is 0.977. The van der Waals surface area contributed by atoms with Gasteiger partial charge in [-0.1, -0.05) is 6.07 Å². The van der Waals surface area contributed by atoms with Crippen molar-refractivity contribution in [3.8, 4) is 0 Å². The summed E-state index contributed by atoms with van der Waals surface area (Å²) in [4.78, 5) is 10.9. The van der Waals surface area contributed by atoms with Gasteiger partial charge in [-0.2, -0.15) is 0 Å². The molecule has 2 rings (SSSR count). The molecular weight excluding hydrogens is 244 g/mol. The number of nitrogens with one attached hydrogen (secondary N) is 1. The highest BCUT2D eigenvalue weighted by Crippen LogP contribution is 2.14. The van der Waals surface area contributed by atoms with Crippen LogP contribution >= 0.6 is 11.3 Å². The lowest BCUT2D eigenvalue weighted by Crippen LogP contribution is -2.18. The van der Waals surface area contributed by atoms with Gasteiger partial charge in [-0.15, -0.1) is 11.3 Å². The zero-order valence-electron chi connectivity index (χ0n) is 10.8. The number of hydrogen-bond donors (Lipinski definition) is 1. The molecule has 0 aliphatic rings. The first-order chi connectivity index (χ1) is 8.79. The molecule has 0 fully saturated rings. The number of aromatic nitrogens is 2. The van der Waals surface area contributed by atoms with Crippen molar-refractivity contribution in [1.29, 1.82) is 0 Å². The normalized spacial score (nSPS) is 10.8. The molecule has 18 heavy (non-hydrogen) atoms. The molecule has 0 aromatic carbocycles. The van der Waals surface area contributed by atoms with Crippen LogP contribution in [0.5, 0.6) is 0 Å². The Labute approximate surface area is 112 Å². The van der Waals surface area contributed by atoms with Crippen molar-refractivity contribution < 1.29 is 0 Å². The van der Waals surface area contributed by atoms with E-state index >= 15 is 0 Å². The average Bonchev–Trinajstić information content (AvgIpc) is 2.84. The minimum Gasteiger partial charge on any atom is -0.370 e. The number of anilines is 1. The molecule has 0 aliphatic carbocycles. The molecule has 4 nitrogen and oxygen atoms in total. The summed E-state index contributed by atoms with van der Waals surface area (Å²) in [5.41, 5.74) is 4.21. The molecule has 0 amide bonds. The molecule has 0 saturated carbocycles. The zero-order valence-corrected chi connectivity index (χ0v) is 11.6. The van der Waals surface area contributed by atoms with Crippen molar-refractivity contribution in [2.75, 3.05) is 18.9 Å². The minimum atomic E-state index is 0.865. The maximum Gasteiger partial charge on any atom is 0.130 e. The minimum absolute atomic E-state index is 0.865. The third-order valence-corrected chi connectivity index (χ3v) is 3.23. The Bertz CT molecular complexity index is 470. The maximum atomic E-state index is 4.37. The highest BCUT2D eigenvalue weighted by molar-refractivity contribution is 7.07. The predicted molar refractivity (Wildman–Crippen MR) is 75.7 cm³/mol. The standard InChI is InChI=1S/C13H18N4S/c1-3-14-13-11(5-4-6-15-13)7-17(2)8-12-9-18-10-16-12/h4-6,9-10H,3,7-8H2,1-2H3,(H,14,15). The Morgan fingerprint density at radius 1 is 1.33 bits per heavy atom. The van der Waals surface area contributed by atoms with Gasteiger partial charge in [0.15, 0.2) is 0 Å². The zero-order chi connectivity index (χ0) is 12.8. The van der Waals surface area contributed by atoms with Crippen molar-refractivity contribution in [2.45, 2.75) is 20.0 Å². The Hall–Kier alpha value is -1.46. The van der Waals surface area contributed by atoms with E-state index < -0.39 is 0 Å². The van der Waals surface area contributed by atoms with Crippen LogP contribution in [-0.2, 0) is 13.1 Å². The van der Waals surface area contributed by atoms with Gasteiger partial charge in [0.1, 0.15) is 5.82 Å². The summed E-state index contributed by atoms with van der Waals surface area (Å²) in [6.45, 7) is 4.70.